The largest absolute Gasteiger partial charge is 0.504 e. The predicted octanol–water partition coefficient (Wildman–Crippen LogP) is 4.28. The Kier molecular flexibility index (Phi) is 6.01. The van der Waals surface area contributed by atoms with Crippen molar-refractivity contribution in [1.29, 1.82) is 0 Å². The van der Waals surface area contributed by atoms with Crippen LogP contribution in [0.15, 0.2) is 36.4 Å². The number of nitrogens with one attached hydrogen (secondary N) is 1. The molecule has 2 heterocycles. The molecule has 1 saturated heterocycles. The summed E-state index contributed by atoms with van der Waals surface area (Å²) in [6.07, 6.45) is 0.869. The zero-order valence-electron chi connectivity index (χ0n) is 21.5. The molecule has 1 atom stereocenters. The van der Waals surface area contributed by atoms with Crippen LogP contribution in [-0.4, -0.2) is 50.9 Å². The van der Waals surface area contributed by atoms with Gasteiger partial charge in [-0.15, -0.1) is 0 Å². The summed E-state index contributed by atoms with van der Waals surface area (Å²) in [4.78, 5) is 13.3. The van der Waals surface area contributed by atoms with Gasteiger partial charge in [-0.05, 0) is 56.5 Å². The lowest BCUT2D eigenvalue weighted by Crippen LogP contribution is -2.30. The molecule has 0 radical (unpaired) electrons. The van der Waals surface area contributed by atoms with Gasteiger partial charge in [-0.2, -0.15) is 0 Å². The van der Waals surface area contributed by atoms with E-state index in [2.05, 4.69) is 5.32 Å². The highest BCUT2D eigenvalue weighted by Crippen LogP contribution is 2.50. The molecule has 0 unspecified atom stereocenters. The summed E-state index contributed by atoms with van der Waals surface area (Å²) in [6.45, 7) is 8.24. The maximum atomic E-state index is 15.4. The van der Waals surface area contributed by atoms with Gasteiger partial charge in [0.25, 0.3) is 0 Å². The number of rotatable bonds is 7. The molecule has 198 valence electrons. The summed E-state index contributed by atoms with van der Waals surface area (Å²) in [5.41, 5.74) is 0.590. The van der Waals surface area contributed by atoms with Crippen LogP contribution in [0.5, 0.6) is 11.5 Å². The van der Waals surface area contributed by atoms with Gasteiger partial charge in [-0.1, -0.05) is 19.9 Å². The second-order valence-corrected chi connectivity index (χ2v) is 11.3. The third kappa shape index (κ3) is 4.56. The van der Waals surface area contributed by atoms with Crippen molar-refractivity contribution in [2.24, 2.45) is 0 Å². The van der Waals surface area contributed by atoms with Gasteiger partial charge >= 0.3 is 0 Å². The number of phenols is 2. The van der Waals surface area contributed by atoms with Crippen molar-refractivity contribution in [1.82, 2.24) is 4.57 Å². The first-order valence-electron chi connectivity index (χ1n) is 12.4. The van der Waals surface area contributed by atoms with Gasteiger partial charge in [0.05, 0.1) is 36.4 Å². The minimum absolute atomic E-state index is 0.0545. The Balaban J connectivity index is 1.48. The number of ether oxygens (including phenoxy) is 2. The third-order valence-electron chi connectivity index (χ3n) is 7.49. The Labute approximate surface area is 214 Å². The number of benzene rings is 2. The normalized spacial score (nSPS) is 20.3. The molecule has 1 aromatic heterocycles. The highest BCUT2D eigenvalue weighted by Gasteiger charge is 2.51. The molecule has 37 heavy (non-hydrogen) atoms. The van der Waals surface area contributed by atoms with Crippen molar-refractivity contribution in [2.45, 2.75) is 69.8 Å². The van der Waals surface area contributed by atoms with Crippen molar-refractivity contribution in [3.8, 4) is 11.5 Å². The predicted molar refractivity (Wildman–Crippen MR) is 136 cm³/mol. The molecule has 2 aromatic carbocycles. The number of hydrogen-bond donors (Lipinski definition) is 4. The number of nitrogens with zero attached hydrogens (tertiary/aromatic N) is 1. The molecular weight excluding hydrogens is 479 g/mol. The Morgan fingerprint density at radius 3 is 2.49 bits per heavy atom. The molecular formula is C28H33FN2O6. The molecule has 0 spiro atoms. The average Bonchev–Trinajstić information content (AvgIpc) is 3.48. The number of aliphatic hydroxyl groups is 1. The molecule has 1 aliphatic heterocycles. The monoisotopic (exact) mass is 512 g/mol. The number of phenolic OH excluding ortho intramolecular Hbond substituents is 2. The van der Waals surface area contributed by atoms with Gasteiger partial charge in [0, 0.05) is 22.6 Å². The first kappa shape index (κ1) is 25.5. The number of carbonyl (C=O) groups is 1. The maximum Gasteiger partial charge on any atom is 0.235 e. The molecule has 3 aromatic rings. The SMILES string of the molecule is CC1(C)OC[C@@H](Cn2c(C(C)(C)CO)cc3cc(NC(=O)C4(c5ccc(O)c(O)c5)CC4)c(F)cc32)O1. The third-order valence-corrected chi connectivity index (χ3v) is 7.49. The molecule has 1 aliphatic carbocycles. The fraction of sp³-hybridized carbons (Fsp3) is 0.464. The van der Waals surface area contributed by atoms with E-state index in [1.54, 1.807) is 12.1 Å². The molecule has 2 aliphatic rings. The highest BCUT2D eigenvalue weighted by atomic mass is 19.1. The van der Waals surface area contributed by atoms with Crippen LogP contribution in [0.1, 0.15) is 51.8 Å². The number of fused-ring (bicyclic) bond motifs is 1. The molecule has 9 heteroatoms. The number of carbonyl (C=O) groups excluding carboxylic acids is 1. The summed E-state index contributed by atoms with van der Waals surface area (Å²) < 4.78 is 29.1. The molecule has 1 saturated carbocycles. The van der Waals surface area contributed by atoms with Crippen LogP contribution < -0.4 is 5.32 Å². The van der Waals surface area contributed by atoms with Gasteiger partial charge in [-0.25, -0.2) is 4.39 Å². The van der Waals surface area contributed by atoms with Crippen LogP contribution in [0.25, 0.3) is 10.9 Å². The lowest BCUT2D eigenvalue weighted by molar-refractivity contribution is -0.139. The second-order valence-electron chi connectivity index (χ2n) is 11.3. The number of hydrogen-bond acceptors (Lipinski definition) is 6. The topological polar surface area (TPSA) is 113 Å². The van der Waals surface area contributed by atoms with E-state index < -0.39 is 22.4 Å². The Morgan fingerprint density at radius 2 is 1.89 bits per heavy atom. The Hall–Kier alpha value is -3.14. The second kappa shape index (κ2) is 8.72. The number of aliphatic hydroxyl groups excluding tert-OH is 1. The van der Waals surface area contributed by atoms with Crippen molar-refractivity contribution in [3.05, 3.63) is 53.5 Å². The number of amides is 1. The van der Waals surface area contributed by atoms with Gasteiger partial charge in [0.1, 0.15) is 11.9 Å². The van der Waals surface area contributed by atoms with Gasteiger partial charge < -0.3 is 34.7 Å². The summed E-state index contributed by atoms with van der Waals surface area (Å²) in [7, 11) is 0. The number of anilines is 1. The fourth-order valence-electron chi connectivity index (χ4n) is 5.11. The molecule has 8 nitrogen and oxygen atoms in total. The van der Waals surface area contributed by atoms with Crippen molar-refractivity contribution in [2.75, 3.05) is 18.5 Å². The highest BCUT2D eigenvalue weighted by molar-refractivity contribution is 6.02. The molecule has 5 rings (SSSR count). The van der Waals surface area contributed by atoms with Crippen LogP contribution in [0.2, 0.25) is 0 Å². The van der Waals surface area contributed by atoms with Crippen molar-refractivity contribution < 1.29 is 34.0 Å². The number of aromatic nitrogens is 1. The smallest absolute Gasteiger partial charge is 0.235 e. The molecule has 2 fully saturated rings. The fourth-order valence-corrected chi connectivity index (χ4v) is 5.11. The lowest BCUT2D eigenvalue weighted by Gasteiger charge is -2.26. The van der Waals surface area contributed by atoms with Crippen LogP contribution in [0.3, 0.4) is 0 Å². The number of halogens is 1. The van der Waals surface area contributed by atoms with E-state index in [1.807, 2.05) is 38.3 Å². The molecule has 1 amide bonds. The quantitative estimate of drug-likeness (QED) is 0.352. The average molecular weight is 513 g/mol. The van der Waals surface area contributed by atoms with Crippen LogP contribution in [-0.2, 0) is 31.6 Å². The minimum atomic E-state index is -0.880. The zero-order chi connectivity index (χ0) is 26.8. The van der Waals surface area contributed by atoms with Crippen LogP contribution in [0.4, 0.5) is 10.1 Å². The van der Waals surface area contributed by atoms with E-state index in [-0.39, 0.29) is 35.8 Å². The summed E-state index contributed by atoms with van der Waals surface area (Å²) >= 11 is 0. The van der Waals surface area contributed by atoms with Crippen LogP contribution in [0, 0.1) is 5.82 Å². The van der Waals surface area contributed by atoms with Crippen LogP contribution >= 0.6 is 0 Å². The van der Waals surface area contributed by atoms with Gasteiger partial charge in [-0.3, -0.25) is 4.79 Å². The summed E-state index contributed by atoms with van der Waals surface area (Å²) in [5, 5.41) is 33.1. The van der Waals surface area contributed by atoms with E-state index >= 15 is 4.39 Å². The Morgan fingerprint density at radius 1 is 1.16 bits per heavy atom. The van der Waals surface area contributed by atoms with Crippen molar-refractivity contribution >= 4 is 22.5 Å². The first-order valence-corrected chi connectivity index (χ1v) is 12.4. The molecule has 0 bridgehead atoms. The van der Waals surface area contributed by atoms with E-state index in [4.69, 9.17) is 9.47 Å². The lowest BCUT2D eigenvalue weighted by atomic mass is 9.90. The zero-order valence-corrected chi connectivity index (χ0v) is 21.5. The van der Waals surface area contributed by atoms with Gasteiger partial charge in [0.2, 0.25) is 5.91 Å². The van der Waals surface area contributed by atoms with E-state index in [0.717, 1.165) is 11.1 Å². The van der Waals surface area contributed by atoms with E-state index in [9.17, 15) is 20.1 Å². The molecule has 4 N–H and O–H groups in total. The standard InChI is InChI=1S/C28H33FN2O6/c1-26(2,15-32)24-10-16-9-20(19(29)12-21(16)31(24)13-18-14-36-27(3,4)37-18)30-25(35)28(7-8-28)17-5-6-22(33)23(34)11-17/h5-6,9-12,18,32-34H,7-8,13-15H2,1-4H3,(H,30,35)/t18-/m1/s1. The van der Waals surface area contributed by atoms with E-state index in [1.165, 1.54) is 18.2 Å². The minimum Gasteiger partial charge on any atom is -0.504 e. The maximum absolute atomic E-state index is 15.4. The van der Waals surface area contributed by atoms with E-state index in [0.29, 0.717) is 37.1 Å². The summed E-state index contributed by atoms with van der Waals surface area (Å²) in [5.74, 6) is -2.22. The number of aromatic hydroxyl groups is 2. The first-order chi connectivity index (χ1) is 17.3. The Bertz CT molecular complexity index is 1370. The van der Waals surface area contributed by atoms with Crippen molar-refractivity contribution in [3.63, 3.8) is 0 Å². The van der Waals surface area contributed by atoms with Gasteiger partial charge in [0.15, 0.2) is 17.3 Å². The summed E-state index contributed by atoms with van der Waals surface area (Å²) in [6, 6.07) is 9.23.